The highest BCUT2D eigenvalue weighted by atomic mass is 16.5. The highest BCUT2D eigenvalue weighted by molar-refractivity contribution is 4.97. The molecule has 1 unspecified atom stereocenters. The average Bonchev–Trinajstić information content (AvgIpc) is 2.47. The molecule has 0 amide bonds. The van der Waals surface area contributed by atoms with Crippen LogP contribution in [0.5, 0.6) is 0 Å². The number of nitrogens with two attached hydrogens (primary N) is 1. The fraction of sp³-hybridized carbons (Fsp3) is 1.00. The molecular weight excluding hydrogens is 260 g/mol. The van der Waals surface area contributed by atoms with Gasteiger partial charge in [0.05, 0.1) is 6.61 Å². The fourth-order valence-electron chi connectivity index (χ4n) is 4.30. The van der Waals surface area contributed by atoms with Gasteiger partial charge in [0.1, 0.15) is 0 Å². The molecule has 0 spiro atoms. The SMILES string of the molecule is CN(CC1CCCOC1)C1(CN)CCC(C(C)(C)C)CC1. The van der Waals surface area contributed by atoms with Gasteiger partial charge in [-0.1, -0.05) is 20.8 Å². The molecular formula is C18H36N2O. The predicted molar refractivity (Wildman–Crippen MR) is 89.4 cm³/mol. The summed E-state index contributed by atoms with van der Waals surface area (Å²) in [6.45, 7) is 11.0. The van der Waals surface area contributed by atoms with Crippen molar-refractivity contribution in [2.75, 3.05) is 33.4 Å². The van der Waals surface area contributed by atoms with Crippen LogP contribution in [0, 0.1) is 17.3 Å². The zero-order valence-electron chi connectivity index (χ0n) is 14.7. The number of likely N-dealkylation sites (N-methyl/N-ethyl adjacent to an activating group) is 1. The van der Waals surface area contributed by atoms with Gasteiger partial charge in [-0.05, 0) is 62.8 Å². The topological polar surface area (TPSA) is 38.5 Å². The molecule has 2 N–H and O–H groups in total. The van der Waals surface area contributed by atoms with Gasteiger partial charge in [0.2, 0.25) is 0 Å². The van der Waals surface area contributed by atoms with Crippen LogP contribution in [-0.4, -0.2) is 43.8 Å². The van der Waals surface area contributed by atoms with E-state index in [1.165, 1.54) is 38.5 Å². The highest BCUT2D eigenvalue weighted by Crippen LogP contribution is 2.43. The average molecular weight is 296 g/mol. The molecule has 124 valence electrons. The summed E-state index contributed by atoms with van der Waals surface area (Å²) in [7, 11) is 2.29. The standard InChI is InChI=1S/C18H36N2O/c1-17(2,3)16-7-9-18(14-19,10-8-16)20(4)12-15-6-5-11-21-13-15/h15-16H,5-14,19H2,1-4H3. The van der Waals surface area contributed by atoms with Crippen molar-refractivity contribution in [1.82, 2.24) is 4.90 Å². The van der Waals surface area contributed by atoms with Crippen LogP contribution in [0.15, 0.2) is 0 Å². The summed E-state index contributed by atoms with van der Waals surface area (Å²) in [6, 6.07) is 0. The molecule has 3 nitrogen and oxygen atoms in total. The monoisotopic (exact) mass is 296 g/mol. The van der Waals surface area contributed by atoms with Gasteiger partial charge in [0.15, 0.2) is 0 Å². The zero-order valence-corrected chi connectivity index (χ0v) is 14.7. The van der Waals surface area contributed by atoms with Crippen molar-refractivity contribution in [2.24, 2.45) is 23.0 Å². The van der Waals surface area contributed by atoms with E-state index in [4.69, 9.17) is 10.5 Å². The molecule has 0 bridgehead atoms. The molecule has 0 aromatic carbocycles. The summed E-state index contributed by atoms with van der Waals surface area (Å²) < 4.78 is 5.64. The first kappa shape index (κ1) is 17.2. The van der Waals surface area contributed by atoms with Crippen molar-refractivity contribution in [2.45, 2.75) is 64.8 Å². The van der Waals surface area contributed by atoms with Gasteiger partial charge in [-0.3, -0.25) is 4.90 Å². The summed E-state index contributed by atoms with van der Waals surface area (Å²) in [5.74, 6) is 1.55. The number of ether oxygens (including phenoxy) is 1. The molecule has 21 heavy (non-hydrogen) atoms. The normalized spacial score (nSPS) is 35.1. The lowest BCUT2D eigenvalue weighted by Crippen LogP contribution is -2.56. The summed E-state index contributed by atoms with van der Waals surface area (Å²) in [6.07, 6.45) is 7.71. The van der Waals surface area contributed by atoms with E-state index in [0.29, 0.717) is 11.3 Å². The van der Waals surface area contributed by atoms with Crippen molar-refractivity contribution in [1.29, 1.82) is 0 Å². The molecule has 0 aromatic rings. The lowest BCUT2D eigenvalue weighted by atomic mass is 9.67. The maximum Gasteiger partial charge on any atom is 0.0506 e. The van der Waals surface area contributed by atoms with Crippen LogP contribution in [0.25, 0.3) is 0 Å². The minimum absolute atomic E-state index is 0.235. The van der Waals surface area contributed by atoms with Gasteiger partial charge in [0.25, 0.3) is 0 Å². The lowest BCUT2D eigenvalue weighted by Gasteiger charge is -2.49. The second-order valence-electron chi connectivity index (χ2n) is 8.53. The van der Waals surface area contributed by atoms with Crippen LogP contribution in [0.2, 0.25) is 0 Å². The van der Waals surface area contributed by atoms with Gasteiger partial charge in [-0.2, -0.15) is 0 Å². The van der Waals surface area contributed by atoms with Crippen molar-refractivity contribution in [3.05, 3.63) is 0 Å². The first-order valence-electron chi connectivity index (χ1n) is 8.86. The molecule has 1 saturated heterocycles. The molecule has 1 aliphatic heterocycles. The Labute approximate surface area is 131 Å². The van der Waals surface area contributed by atoms with Gasteiger partial charge in [-0.15, -0.1) is 0 Å². The number of rotatable bonds is 4. The Morgan fingerprint density at radius 2 is 1.86 bits per heavy atom. The molecule has 3 heteroatoms. The molecule has 1 heterocycles. The van der Waals surface area contributed by atoms with Crippen LogP contribution >= 0.6 is 0 Å². The Morgan fingerprint density at radius 3 is 2.33 bits per heavy atom. The van der Waals surface area contributed by atoms with Crippen molar-refractivity contribution in [3.8, 4) is 0 Å². The third-order valence-electron chi connectivity index (χ3n) is 6.12. The van der Waals surface area contributed by atoms with E-state index >= 15 is 0 Å². The number of nitrogens with zero attached hydrogens (tertiary/aromatic N) is 1. The third-order valence-corrected chi connectivity index (χ3v) is 6.12. The minimum atomic E-state index is 0.235. The fourth-order valence-corrected chi connectivity index (χ4v) is 4.30. The van der Waals surface area contributed by atoms with Crippen molar-refractivity contribution < 1.29 is 4.74 Å². The number of hydrogen-bond donors (Lipinski definition) is 1. The van der Waals surface area contributed by atoms with Gasteiger partial charge in [0, 0.05) is 25.2 Å². The second kappa shape index (κ2) is 6.97. The Hall–Kier alpha value is -0.120. The second-order valence-corrected chi connectivity index (χ2v) is 8.53. The van der Waals surface area contributed by atoms with Gasteiger partial charge < -0.3 is 10.5 Å². The quantitative estimate of drug-likeness (QED) is 0.865. The van der Waals surface area contributed by atoms with E-state index in [1.54, 1.807) is 0 Å². The third kappa shape index (κ3) is 4.20. The summed E-state index contributed by atoms with van der Waals surface area (Å²) in [4.78, 5) is 2.57. The largest absolute Gasteiger partial charge is 0.381 e. The van der Waals surface area contributed by atoms with Crippen LogP contribution < -0.4 is 5.73 Å². The van der Waals surface area contributed by atoms with Crippen molar-refractivity contribution >= 4 is 0 Å². The molecule has 0 aromatic heterocycles. The maximum atomic E-state index is 6.23. The highest BCUT2D eigenvalue weighted by Gasteiger charge is 2.40. The van der Waals surface area contributed by atoms with E-state index < -0.39 is 0 Å². The Kier molecular flexibility index (Phi) is 5.72. The first-order chi connectivity index (χ1) is 9.87. The molecule has 1 atom stereocenters. The molecule has 2 rings (SSSR count). The zero-order chi connectivity index (χ0) is 15.5. The summed E-state index contributed by atoms with van der Waals surface area (Å²) in [5, 5.41) is 0. The maximum absolute atomic E-state index is 6.23. The summed E-state index contributed by atoms with van der Waals surface area (Å²) in [5.41, 5.74) is 6.90. The van der Waals surface area contributed by atoms with Crippen LogP contribution in [0.3, 0.4) is 0 Å². The molecule has 2 fully saturated rings. The Bertz CT molecular complexity index is 310. The van der Waals surface area contributed by atoms with Crippen LogP contribution in [0.4, 0.5) is 0 Å². The Morgan fingerprint density at radius 1 is 1.19 bits per heavy atom. The predicted octanol–water partition coefficient (Wildman–Crippen LogP) is 3.28. The van der Waals surface area contributed by atoms with E-state index in [9.17, 15) is 0 Å². The number of hydrogen-bond acceptors (Lipinski definition) is 3. The van der Waals surface area contributed by atoms with E-state index in [2.05, 4.69) is 32.7 Å². The smallest absolute Gasteiger partial charge is 0.0506 e. The van der Waals surface area contributed by atoms with Crippen LogP contribution in [0.1, 0.15) is 59.3 Å². The lowest BCUT2D eigenvalue weighted by molar-refractivity contribution is -0.00322. The summed E-state index contributed by atoms with van der Waals surface area (Å²) >= 11 is 0. The minimum Gasteiger partial charge on any atom is -0.381 e. The van der Waals surface area contributed by atoms with Crippen LogP contribution in [-0.2, 0) is 4.74 Å². The Balaban J connectivity index is 1.92. The van der Waals surface area contributed by atoms with Crippen molar-refractivity contribution in [3.63, 3.8) is 0 Å². The molecule has 2 aliphatic rings. The molecule has 1 saturated carbocycles. The molecule has 0 radical (unpaired) electrons. The van der Waals surface area contributed by atoms with Gasteiger partial charge >= 0.3 is 0 Å². The molecule has 1 aliphatic carbocycles. The van der Waals surface area contributed by atoms with E-state index in [-0.39, 0.29) is 5.54 Å². The van der Waals surface area contributed by atoms with E-state index in [0.717, 1.165) is 32.2 Å². The van der Waals surface area contributed by atoms with Gasteiger partial charge in [-0.25, -0.2) is 0 Å². The van der Waals surface area contributed by atoms with E-state index in [1.807, 2.05) is 0 Å². The first-order valence-corrected chi connectivity index (χ1v) is 8.86.